The molecule has 0 aliphatic carbocycles. The first-order chi connectivity index (χ1) is 8.94. The van der Waals surface area contributed by atoms with Crippen LogP contribution in [0.4, 0.5) is 5.82 Å². The van der Waals surface area contributed by atoms with Crippen molar-refractivity contribution in [2.45, 2.75) is 50.5 Å². The zero-order chi connectivity index (χ0) is 14.0. The van der Waals surface area contributed by atoms with Gasteiger partial charge < -0.3 is 5.32 Å². The lowest BCUT2D eigenvalue weighted by atomic mass is 10.1. The Bertz CT molecular complexity index is 575. The first-order valence-electron chi connectivity index (χ1n) is 6.49. The third-order valence-electron chi connectivity index (χ3n) is 3.20. The highest BCUT2D eigenvalue weighted by atomic mass is 35.5. The van der Waals surface area contributed by atoms with E-state index in [0.29, 0.717) is 17.9 Å². The van der Waals surface area contributed by atoms with Gasteiger partial charge >= 0.3 is 0 Å². The number of halogens is 1. The van der Waals surface area contributed by atoms with Gasteiger partial charge in [0, 0.05) is 12.5 Å². The quantitative estimate of drug-likeness (QED) is 0.846. The van der Waals surface area contributed by atoms with Crippen molar-refractivity contribution < 1.29 is 8.42 Å². The summed E-state index contributed by atoms with van der Waals surface area (Å²) in [6.45, 7) is 4.13. The molecule has 2 rings (SSSR count). The Balaban J connectivity index is 2.31. The molecule has 1 aromatic rings. The van der Waals surface area contributed by atoms with Crippen molar-refractivity contribution in [1.82, 2.24) is 9.97 Å². The summed E-state index contributed by atoms with van der Waals surface area (Å²) in [5, 5.41) is 3.26. The van der Waals surface area contributed by atoms with E-state index in [1.54, 1.807) is 0 Å². The van der Waals surface area contributed by atoms with E-state index < -0.39 is 9.84 Å². The summed E-state index contributed by atoms with van der Waals surface area (Å²) in [5.41, 5.74) is 0.533. The number of unbranched alkanes of at least 4 members (excludes halogenated alkanes) is 1. The molecule has 0 saturated heterocycles. The average Bonchev–Trinajstić information content (AvgIpc) is 2.62. The van der Waals surface area contributed by atoms with Crippen molar-refractivity contribution in [3.8, 4) is 0 Å². The van der Waals surface area contributed by atoms with Gasteiger partial charge in [0.2, 0.25) is 5.28 Å². The third kappa shape index (κ3) is 3.17. The van der Waals surface area contributed by atoms with Gasteiger partial charge in [0.05, 0.1) is 11.4 Å². The largest absolute Gasteiger partial charge is 0.366 e. The van der Waals surface area contributed by atoms with Crippen LogP contribution >= 0.6 is 11.6 Å². The second kappa shape index (κ2) is 5.63. The molecule has 5 nitrogen and oxygen atoms in total. The van der Waals surface area contributed by atoms with E-state index >= 15 is 0 Å². The minimum Gasteiger partial charge on any atom is -0.366 e. The monoisotopic (exact) mass is 303 g/mol. The fraction of sp³-hybridized carbons (Fsp3) is 0.667. The Labute approximate surface area is 118 Å². The normalized spacial score (nSPS) is 18.1. The minimum atomic E-state index is -3.27. The molecule has 1 aromatic heterocycles. The van der Waals surface area contributed by atoms with Crippen molar-refractivity contribution in [2.24, 2.45) is 0 Å². The average molecular weight is 304 g/mol. The second-order valence-corrected chi connectivity index (χ2v) is 7.26. The zero-order valence-corrected chi connectivity index (χ0v) is 12.7. The molecule has 7 heteroatoms. The highest BCUT2D eigenvalue weighted by Gasteiger charge is 2.32. The molecule has 106 valence electrons. The van der Waals surface area contributed by atoms with Crippen LogP contribution in [-0.4, -0.2) is 30.2 Å². The van der Waals surface area contributed by atoms with Crippen LogP contribution in [0.25, 0.3) is 0 Å². The van der Waals surface area contributed by atoms with Gasteiger partial charge in [-0.05, 0) is 24.9 Å². The van der Waals surface area contributed by atoms with E-state index in [1.807, 2.05) is 6.92 Å². The summed E-state index contributed by atoms with van der Waals surface area (Å²) < 4.78 is 24.0. The van der Waals surface area contributed by atoms with Gasteiger partial charge in [-0.1, -0.05) is 19.8 Å². The molecular formula is C12H18ClN3O2S. The molecule has 0 fully saturated rings. The maximum atomic E-state index is 12.0. The van der Waals surface area contributed by atoms with Crippen LogP contribution < -0.4 is 5.32 Å². The lowest BCUT2D eigenvalue weighted by Gasteiger charge is -2.16. The first-order valence-corrected chi connectivity index (χ1v) is 8.52. The van der Waals surface area contributed by atoms with Crippen LogP contribution in [0.5, 0.6) is 0 Å². The molecule has 1 N–H and O–H groups in total. The zero-order valence-electron chi connectivity index (χ0n) is 11.1. The number of rotatable bonds is 5. The van der Waals surface area contributed by atoms with Gasteiger partial charge in [-0.25, -0.2) is 13.4 Å². The molecule has 1 atom stereocenters. The van der Waals surface area contributed by atoms with Crippen molar-refractivity contribution >= 4 is 27.3 Å². The maximum Gasteiger partial charge on any atom is 0.224 e. The van der Waals surface area contributed by atoms with Crippen LogP contribution in [0.1, 0.15) is 38.8 Å². The van der Waals surface area contributed by atoms with Gasteiger partial charge in [0.1, 0.15) is 10.7 Å². The van der Waals surface area contributed by atoms with Crippen molar-refractivity contribution in [2.75, 3.05) is 11.1 Å². The Hall–Kier alpha value is -0.880. The summed E-state index contributed by atoms with van der Waals surface area (Å²) in [4.78, 5) is 8.30. The van der Waals surface area contributed by atoms with Crippen molar-refractivity contribution in [3.05, 3.63) is 11.0 Å². The summed E-state index contributed by atoms with van der Waals surface area (Å²) in [6, 6.07) is 0.158. The minimum absolute atomic E-state index is 0.0926. The number of aryl methyl sites for hydroxylation is 1. The molecule has 0 bridgehead atoms. The smallest absolute Gasteiger partial charge is 0.224 e. The van der Waals surface area contributed by atoms with E-state index in [1.165, 1.54) is 0 Å². The first kappa shape index (κ1) is 14.5. The van der Waals surface area contributed by atoms with Crippen LogP contribution in [0.3, 0.4) is 0 Å². The highest BCUT2D eigenvalue weighted by molar-refractivity contribution is 7.91. The predicted molar refractivity (Wildman–Crippen MR) is 75.4 cm³/mol. The molecule has 0 aromatic carbocycles. The van der Waals surface area contributed by atoms with E-state index in [2.05, 4.69) is 22.2 Å². The van der Waals surface area contributed by atoms with Gasteiger partial charge in [0.15, 0.2) is 9.84 Å². The van der Waals surface area contributed by atoms with Gasteiger partial charge in [0.25, 0.3) is 0 Å². The predicted octanol–water partition coefficient (Wildman–Crippen LogP) is 2.45. The molecule has 1 aliphatic heterocycles. The molecular weight excluding hydrogens is 286 g/mol. The fourth-order valence-electron chi connectivity index (χ4n) is 2.21. The Morgan fingerprint density at radius 1 is 1.42 bits per heavy atom. The lowest BCUT2D eigenvalue weighted by Crippen LogP contribution is -2.18. The number of hydrogen-bond donors (Lipinski definition) is 1. The third-order valence-corrected chi connectivity index (χ3v) is 5.16. The highest BCUT2D eigenvalue weighted by Crippen LogP contribution is 2.31. The number of hydrogen-bond acceptors (Lipinski definition) is 5. The number of nitrogens with one attached hydrogen (secondary N) is 1. The van der Waals surface area contributed by atoms with Crippen LogP contribution in [0.15, 0.2) is 4.90 Å². The molecule has 0 spiro atoms. The summed E-state index contributed by atoms with van der Waals surface area (Å²) >= 11 is 5.85. The topological polar surface area (TPSA) is 72.0 Å². The van der Waals surface area contributed by atoms with Crippen molar-refractivity contribution in [3.63, 3.8) is 0 Å². The van der Waals surface area contributed by atoms with Crippen molar-refractivity contribution in [1.29, 1.82) is 0 Å². The molecule has 0 amide bonds. The standard InChI is InChI=1S/C12H18ClN3O2S/c1-3-4-5-8(2)14-11-10-9(15-12(13)16-11)6-7-19(10,17)18/h8H,3-7H2,1-2H3,(H,14,15,16). The molecule has 0 radical (unpaired) electrons. The van der Waals surface area contributed by atoms with Crippen LogP contribution in [0, 0.1) is 0 Å². The second-order valence-electron chi connectivity index (χ2n) is 4.87. The maximum absolute atomic E-state index is 12.0. The van der Waals surface area contributed by atoms with Gasteiger partial charge in [-0.15, -0.1) is 0 Å². The fourth-order valence-corrected chi connectivity index (χ4v) is 3.97. The SMILES string of the molecule is CCCCC(C)Nc1nc(Cl)nc2c1S(=O)(=O)CC2. The number of fused-ring (bicyclic) bond motifs is 1. The Kier molecular flexibility index (Phi) is 4.30. The van der Waals surface area contributed by atoms with E-state index in [-0.39, 0.29) is 22.0 Å². The van der Waals surface area contributed by atoms with Crippen LogP contribution in [0.2, 0.25) is 5.28 Å². The van der Waals surface area contributed by atoms with E-state index in [9.17, 15) is 8.42 Å². The number of aromatic nitrogens is 2. The van der Waals surface area contributed by atoms with Gasteiger partial charge in [-0.3, -0.25) is 0 Å². The lowest BCUT2D eigenvalue weighted by molar-refractivity contribution is 0.599. The molecule has 1 aliphatic rings. The molecule has 19 heavy (non-hydrogen) atoms. The van der Waals surface area contributed by atoms with E-state index in [4.69, 9.17) is 11.6 Å². The van der Waals surface area contributed by atoms with E-state index in [0.717, 1.165) is 19.3 Å². The Morgan fingerprint density at radius 3 is 2.84 bits per heavy atom. The molecule has 1 unspecified atom stereocenters. The number of anilines is 1. The Morgan fingerprint density at radius 2 is 2.16 bits per heavy atom. The molecule has 2 heterocycles. The number of sulfone groups is 1. The summed E-state index contributed by atoms with van der Waals surface area (Å²) in [5.74, 6) is 0.450. The van der Waals surface area contributed by atoms with Gasteiger partial charge in [-0.2, -0.15) is 4.98 Å². The summed E-state index contributed by atoms with van der Waals surface area (Å²) in [7, 11) is -3.27. The molecule has 0 saturated carbocycles. The number of nitrogens with zero attached hydrogens (tertiary/aromatic N) is 2. The van der Waals surface area contributed by atoms with Crippen LogP contribution in [-0.2, 0) is 16.3 Å². The summed E-state index contributed by atoms with van der Waals surface area (Å²) in [6.07, 6.45) is 3.57.